The van der Waals surface area contributed by atoms with Crippen LogP contribution in [0.1, 0.15) is 49.9 Å². The molecule has 2 heterocycles. The lowest BCUT2D eigenvalue weighted by molar-refractivity contribution is -0.124. The summed E-state index contributed by atoms with van der Waals surface area (Å²) in [5, 5.41) is 4.27. The summed E-state index contributed by atoms with van der Waals surface area (Å²) in [5.74, 6) is 0.382. The molecule has 206 valence electrons. The largest absolute Gasteiger partial charge is 0.338 e. The van der Waals surface area contributed by atoms with Gasteiger partial charge in [0.1, 0.15) is 0 Å². The average Bonchev–Trinajstić information content (AvgIpc) is 3.00. The van der Waals surface area contributed by atoms with Gasteiger partial charge in [0.15, 0.2) is 0 Å². The third-order valence-electron chi connectivity index (χ3n) is 8.84. The second-order valence-electron chi connectivity index (χ2n) is 11.7. The van der Waals surface area contributed by atoms with Crippen molar-refractivity contribution in [1.29, 1.82) is 0 Å². The number of benzene rings is 4. The Morgan fingerprint density at radius 3 is 2.00 bits per heavy atom. The molecule has 4 aromatic rings. The molecule has 40 heavy (non-hydrogen) atoms. The highest BCUT2D eigenvalue weighted by molar-refractivity contribution is 6.18. The van der Waals surface area contributed by atoms with Crippen LogP contribution in [-0.2, 0) is 4.79 Å². The number of piperidine rings is 2. The minimum Gasteiger partial charge on any atom is -0.338 e. The molecule has 1 atom stereocenters. The average molecular weight is 534 g/mol. The van der Waals surface area contributed by atoms with Crippen LogP contribution in [0.5, 0.6) is 0 Å². The smallest absolute Gasteiger partial charge is 0.255 e. The van der Waals surface area contributed by atoms with Gasteiger partial charge in [0.05, 0.1) is 11.5 Å². The number of likely N-dealkylation sites (tertiary alicyclic amines) is 2. The van der Waals surface area contributed by atoms with E-state index in [1.54, 1.807) is 0 Å². The highest BCUT2D eigenvalue weighted by atomic mass is 16.2. The van der Waals surface area contributed by atoms with Crippen molar-refractivity contribution in [2.45, 2.75) is 51.6 Å². The van der Waals surface area contributed by atoms with Crippen LogP contribution in [-0.4, -0.2) is 59.9 Å². The van der Waals surface area contributed by atoms with Gasteiger partial charge < -0.3 is 9.80 Å². The van der Waals surface area contributed by atoms with Gasteiger partial charge in [-0.15, -0.1) is 0 Å². The quantitative estimate of drug-likeness (QED) is 0.267. The van der Waals surface area contributed by atoms with E-state index in [1.807, 2.05) is 64.4 Å². The van der Waals surface area contributed by atoms with Crippen LogP contribution in [0.2, 0.25) is 0 Å². The number of carbonyl (C=O) groups is 2. The maximum absolute atomic E-state index is 14.0. The van der Waals surface area contributed by atoms with Gasteiger partial charge in [0.2, 0.25) is 5.91 Å². The lowest BCUT2D eigenvalue weighted by Crippen LogP contribution is -2.52. The van der Waals surface area contributed by atoms with Crippen LogP contribution in [0.4, 0.5) is 5.69 Å². The maximum atomic E-state index is 14.0. The molecule has 0 saturated carbocycles. The highest BCUT2D eigenvalue weighted by Gasteiger charge is 2.35. The van der Waals surface area contributed by atoms with Gasteiger partial charge in [-0.3, -0.25) is 14.5 Å². The molecule has 0 aromatic heterocycles. The molecular formula is C35H39N3O2. The van der Waals surface area contributed by atoms with Crippen molar-refractivity contribution in [1.82, 2.24) is 9.80 Å². The zero-order valence-electron chi connectivity index (χ0n) is 23.6. The Bertz CT molecular complexity index is 1450. The van der Waals surface area contributed by atoms with E-state index in [4.69, 9.17) is 0 Å². The van der Waals surface area contributed by atoms with Crippen molar-refractivity contribution in [2.75, 3.05) is 31.1 Å². The fourth-order valence-electron chi connectivity index (χ4n) is 6.84. The van der Waals surface area contributed by atoms with Gasteiger partial charge in [-0.25, -0.2) is 0 Å². The number of carbonyl (C=O) groups excluding carboxylic acids is 2. The normalized spacial score (nSPS) is 18.9. The molecule has 0 bridgehead atoms. The number of para-hydroxylation sites is 1. The predicted molar refractivity (Wildman–Crippen MR) is 164 cm³/mol. The molecule has 2 saturated heterocycles. The second-order valence-corrected chi connectivity index (χ2v) is 11.7. The Morgan fingerprint density at radius 1 is 0.775 bits per heavy atom. The Balaban J connectivity index is 1.15. The molecule has 4 aromatic carbocycles. The zero-order valence-corrected chi connectivity index (χ0v) is 23.6. The van der Waals surface area contributed by atoms with Crippen molar-refractivity contribution < 1.29 is 9.59 Å². The minimum absolute atomic E-state index is 0.0121. The summed E-state index contributed by atoms with van der Waals surface area (Å²) < 4.78 is 0. The molecule has 5 nitrogen and oxygen atoms in total. The van der Waals surface area contributed by atoms with Crippen LogP contribution >= 0.6 is 0 Å². The fourth-order valence-corrected chi connectivity index (χ4v) is 6.84. The number of rotatable bonds is 5. The summed E-state index contributed by atoms with van der Waals surface area (Å²) in [6.45, 7) is 7.52. The molecule has 2 fully saturated rings. The summed E-state index contributed by atoms with van der Waals surface area (Å²) in [6, 6.07) is 29.2. The Labute approximate surface area is 237 Å². The molecular weight excluding hydrogens is 494 g/mol. The first-order valence-corrected chi connectivity index (χ1v) is 14.8. The number of anilines is 1. The van der Waals surface area contributed by atoms with Gasteiger partial charge in [0, 0.05) is 37.4 Å². The lowest BCUT2D eigenvalue weighted by Gasteiger charge is -2.43. The predicted octanol–water partition coefficient (Wildman–Crippen LogP) is 6.75. The van der Waals surface area contributed by atoms with Crippen LogP contribution in [0.3, 0.4) is 0 Å². The molecule has 2 amide bonds. The second kappa shape index (κ2) is 11.4. The van der Waals surface area contributed by atoms with Crippen LogP contribution in [0.15, 0.2) is 84.9 Å². The van der Waals surface area contributed by atoms with Gasteiger partial charge in [-0.05, 0) is 85.8 Å². The van der Waals surface area contributed by atoms with Crippen molar-refractivity contribution >= 4 is 39.0 Å². The zero-order chi connectivity index (χ0) is 27.6. The molecule has 0 N–H and O–H groups in total. The molecule has 6 rings (SSSR count). The first kappa shape index (κ1) is 26.5. The summed E-state index contributed by atoms with van der Waals surface area (Å²) in [4.78, 5) is 34.3. The molecule has 0 radical (unpaired) electrons. The number of hydrogen-bond donors (Lipinski definition) is 0. The maximum Gasteiger partial charge on any atom is 0.255 e. The summed E-state index contributed by atoms with van der Waals surface area (Å²) >= 11 is 0. The molecule has 0 aliphatic carbocycles. The number of nitrogens with zero attached hydrogens (tertiary/aromatic N) is 3. The molecule has 5 heteroatoms. The van der Waals surface area contributed by atoms with Gasteiger partial charge in [-0.1, -0.05) is 66.7 Å². The first-order valence-electron chi connectivity index (χ1n) is 14.8. The lowest BCUT2D eigenvalue weighted by atomic mass is 9.91. The van der Waals surface area contributed by atoms with Gasteiger partial charge in [-0.2, -0.15) is 0 Å². The van der Waals surface area contributed by atoms with Crippen LogP contribution in [0.25, 0.3) is 21.5 Å². The van der Waals surface area contributed by atoms with Crippen molar-refractivity contribution in [3.8, 4) is 0 Å². The Kier molecular flexibility index (Phi) is 7.57. The van der Waals surface area contributed by atoms with Crippen molar-refractivity contribution in [3.05, 3.63) is 90.5 Å². The van der Waals surface area contributed by atoms with E-state index in [0.29, 0.717) is 6.04 Å². The van der Waals surface area contributed by atoms with Gasteiger partial charge >= 0.3 is 0 Å². The van der Waals surface area contributed by atoms with Crippen LogP contribution in [0, 0.1) is 5.92 Å². The van der Waals surface area contributed by atoms with E-state index in [1.165, 1.54) is 0 Å². The fraction of sp³-hybridized carbons (Fsp3) is 0.371. The Morgan fingerprint density at radius 2 is 1.38 bits per heavy atom. The van der Waals surface area contributed by atoms with E-state index < -0.39 is 0 Å². The van der Waals surface area contributed by atoms with Gasteiger partial charge in [0.25, 0.3) is 5.91 Å². The van der Waals surface area contributed by atoms with E-state index in [-0.39, 0.29) is 23.8 Å². The van der Waals surface area contributed by atoms with E-state index >= 15 is 0 Å². The summed E-state index contributed by atoms with van der Waals surface area (Å²) in [6.07, 6.45) is 3.87. The van der Waals surface area contributed by atoms with Crippen molar-refractivity contribution in [2.24, 2.45) is 5.92 Å². The van der Waals surface area contributed by atoms with E-state index in [9.17, 15) is 9.59 Å². The van der Waals surface area contributed by atoms with Crippen molar-refractivity contribution in [3.63, 3.8) is 0 Å². The number of amides is 2. The SMILES string of the molecule is CC(C)N(C(=O)C1CCCN(C2CCN(C(=O)c3c4ccccc4cc4ccccc34)CC2)C1)c1ccccc1. The first-order chi connectivity index (χ1) is 19.5. The third-order valence-corrected chi connectivity index (χ3v) is 8.84. The van der Waals surface area contributed by atoms with E-state index in [0.717, 1.165) is 84.7 Å². The third kappa shape index (κ3) is 5.11. The summed E-state index contributed by atoms with van der Waals surface area (Å²) in [7, 11) is 0. The Hall–Kier alpha value is -3.70. The van der Waals surface area contributed by atoms with Crippen LogP contribution < -0.4 is 4.90 Å². The molecule has 2 aliphatic rings. The molecule has 0 spiro atoms. The highest BCUT2D eigenvalue weighted by Crippen LogP contribution is 2.32. The topological polar surface area (TPSA) is 43.9 Å². The van der Waals surface area contributed by atoms with E-state index in [2.05, 4.69) is 49.1 Å². The number of fused-ring (bicyclic) bond motifs is 2. The minimum atomic E-state index is 0.0121. The summed E-state index contributed by atoms with van der Waals surface area (Å²) in [5.41, 5.74) is 1.80. The molecule has 2 aliphatic heterocycles. The molecule has 1 unspecified atom stereocenters. The standard InChI is InChI=1S/C35H39N3O2/c1-25(2)38(30-14-4-3-5-15-30)34(39)28-13-10-20-37(24-28)29-18-21-36(22-19-29)35(40)33-31-16-8-6-11-26(31)23-27-12-7-9-17-32(27)33/h3-9,11-12,14-17,23,25,28-29H,10,13,18-22,24H2,1-2H3. The number of hydrogen-bond acceptors (Lipinski definition) is 3. The monoisotopic (exact) mass is 533 g/mol.